The van der Waals surface area contributed by atoms with E-state index in [4.69, 9.17) is 0 Å². The zero-order valence-corrected chi connectivity index (χ0v) is 10.6. The molecule has 2 rings (SSSR count). The summed E-state index contributed by atoms with van der Waals surface area (Å²) < 4.78 is 0. The van der Waals surface area contributed by atoms with Gasteiger partial charge in [-0.15, -0.1) is 0 Å². The minimum atomic E-state index is -1.07. The van der Waals surface area contributed by atoms with Gasteiger partial charge in [0.25, 0.3) is 5.91 Å². The van der Waals surface area contributed by atoms with E-state index in [2.05, 4.69) is 17.6 Å². The molecule has 1 heterocycles. The maximum absolute atomic E-state index is 11.9. The van der Waals surface area contributed by atoms with Crippen LogP contribution < -0.4 is 10.6 Å². The van der Waals surface area contributed by atoms with E-state index in [-0.39, 0.29) is 11.9 Å². The van der Waals surface area contributed by atoms with Crippen molar-refractivity contribution in [1.29, 1.82) is 0 Å². The molecular weight excluding hydrogens is 228 g/mol. The first-order valence-corrected chi connectivity index (χ1v) is 6.43. The van der Waals surface area contributed by atoms with Crippen molar-refractivity contribution in [2.24, 2.45) is 0 Å². The maximum atomic E-state index is 11.9. The number of aliphatic hydroxyl groups is 1. The predicted octanol–water partition coefficient (Wildman–Crippen LogP) is 0.977. The number of aliphatic hydroxyl groups excluding tert-OH is 1. The average molecular weight is 248 g/mol. The summed E-state index contributed by atoms with van der Waals surface area (Å²) in [6.07, 6.45) is 0.751. The van der Waals surface area contributed by atoms with Crippen LogP contribution in [0.25, 0.3) is 0 Å². The fourth-order valence-corrected chi connectivity index (χ4v) is 2.33. The smallest absolute Gasteiger partial charge is 0.253 e. The molecule has 3 unspecified atom stereocenters. The molecule has 4 nitrogen and oxygen atoms in total. The highest BCUT2D eigenvalue weighted by Gasteiger charge is 2.23. The second kappa shape index (κ2) is 5.98. The van der Waals surface area contributed by atoms with Gasteiger partial charge in [0.2, 0.25) is 0 Å². The highest BCUT2D eigenvalue weighted by Crippen LogP contribution is 2.14. The minimum Gasteiger partial charge on any atom is -0.378 e. The number of nitrogens with one attached hydrogen (secondary N) is 2. The van der Waals surface area contributed by atoms with Crippen LogP contribution in [0.2, 0.25) is 0 Å². The van der Waals surface area contributed by atoms with Crippen molar-refractivity contribution in [3.05, 3.63) is 35.9 Å². The summed E-state index contributed by atoms with van der Waals surface area (Å²) in [5, 5.41) is 16.2. The van der Waals surface area contributed by atoms with Crippen molar-refractivity contribution >= 4 is 5.91 Å². The second-order valence-electron chi connectivity index (χ2n) is 4.90. The molecular formula is C14H20N2O2. The summed E-state index contributed by atoms with van der Waals surface area (Å²) in [6, 6.07) is 9.59. The number of amides is 1. The lowest BCUT2D eigenvalue weighted by Gasteiger charge is -2.29. The van der Waals surface area contributed by atoms with E-state index < -0.39 is 6.10 Å². The third kappa shape index (κ3) is 3.31. The van der Waals surface area contributed by atoms with E-state index in [0.717, 1.165) is 19.4 Å². The first kappa shape index (κ1) is 13.1. The predicted molar refractivity (Wildman–Crippen MR) is 70.0 cm³/mol. The molecule has 0 radical (unpaired) electrons. The molecule has 0 aliphatic carbocycles. The van der Waals surface area contributed by atoms with Crippen LogP contribution in [0.3, 0.4) is 0 Å². The summed E-state index contributed by atoms with van der Waals surface area (Å²) in [6.45, 7) is 3.01. The lowest BCUT2D eigenvalue weighted by atomic mass is 10.00. The van der Waals surface area contributed by atoms with Gasteiger partial charge in [-0.25, -0.2) is 0 Å². The topological polar surface area (TPSA) is 61.4 Å². The molecule has 0 bridgehead atoms. The lowest BCUT2D eigenvalue weighted by molar-refractivity contribution is -0.130. The monoisotopic (exact) mass is 248 g/mol. The maximum Gasteiger partial charge on any atom is 0.253 e. The average Bonchev–Trinajstić information content (AvgIpc) is 2.39. The Bertz CT molecular complexity index is 394. The van der Waals surface area contributed by atoms with Crippen LogP contribution in [0, 0.1) is 0 Å². The fraction of sp³-hybridized carbons (Fsp3) is 0.500. The molecule has 0 saturated carbocycles. The van der Waals surface area contributed by atoms with E-state index in [1.54, 1.807) is 12.1 Å². The van der Waals surface area contributed by atoms with Crippen molar-refractivity contribution in [2.75, 3.05) is 6.54 Å². The molecule has 18 heavy (non-hydrogen) atoms. The van der Waals surface area contributed by atoms with Crippen molar-refractivity contribution in [3.8, 4) is 0 Å². The SMILES string of the molecule is CC1CC(NC(=O)C(O)c2ccccc2)CCN1. The number of hydrogen-bond donors (Lipinski definition) is 3. The van der Waals surface area contributed by atoms with Crippen molar-refractivity contribution in [3.63, 3.8) is 0 Å². The molecule has 1 aliphatic heterocycles. The van der Waals surface area contributed by atoms with Crippen LogP contribution in [-0.4, -0.2) is 29.6 Å². The fourth-order valence-electron chi connectivity index (χ4n) is 2.33. The lowest BCUT2D eigenvalue weighted by Crippen LogP contribution is -2.47. The largest absolute Gasteiger partial charge is 0.378 e. The zero-order chi connectivity index (χ0) is 13.0. The van der Waals surface area contributed by atoms with Gasteiger partial charge in [-0.05, 0) is 31.9 Å². The van der Waals surface area contributed by atoms with E-state index in [9.17, 15) is 9.90 Å². The Balaban J connectivity index is 1.91. The summed E-state index contributed by atoms with van der Waals surface area (Å²) in [7, 11) is 0. The first-order valence-electron chi connectivity index (χ1n) is 6.43. The van der Waals surface area contributed by atoms with E-state index >= 15 is 0 Å². The molecule has 3 atom stereocenters. The van der Waals surface area contributed by atoms with Crippen LogP contribution in [0.1, 0.15) is 31.4 Å². The molecule has 0 aromatic heterocycles. The summed E-state index contributed by atoms with van der Waals surface area (Å²) >= 11 is 0. The molecule has 1 aromatic carbocycles. The number of benzene rings is 1. The number of rotatable bonds is 3. The standard InChI is InChI=1S/C14H20N2O2/c1-10-9-12(7-8-15-10)16-14(18)13(17)11-5-3-2-4-6-11/h2-6,10,12-13,15,17H,7-9H2,1H3,(H,16,18). The Morgan fingerprint density at radius 2 is 2.17 bits per heavy atom. The van der Waals surface area contributed by atoms with Gasteiger partial charge in [-0.1, -0.05) is 30.3 Å². The van der Waals surface area contributed by atoms with Crippen LogP contribution in [0.4, 0.5) is 0 Å². The van der Waals surface area contributed by atoms with Crippen LogP contribution in [-0.2, 0) is 4.79 Å². The summed E-state index contributed by atoms with van der Waals surface area (Å²) in [4.78, 5) is 11.9. The first-order chi connectivity index (χ1) is 8.66. The number of hydrogen-bond acceptors (Lipinski definition) is 3. The molecule has 1 amide bonds. The normalized spacial score (nSPS) is 25.4. The van der Waals surface area contributed by atoms with Crippen molar-refractivity contribution in [1.82, 2.24) is 10.6 Å². The number of carbonyl (C=O) groups is 1. The Hall–Kier alpha value is -1.39. The minimum absolute atomic E-state index is 0.159. The Labute approximate surface area is 107 Å². The molecule has 98 valence electrons. The van der Waals surface area contributed by atoms with Gasteiger partial charge in [0.05, 0.1) is 0 Å². The molecule has 1 aliphatic rings. The molecule has 0 spiro atoms. The van der Waals surface area contributed by atoms with E-state index in [0.29, 0.717) is 11.6 Å². The van der Waals surface area contributed by atoms with Gasteiger partial charge in [-0.2, -0.15) is 0 Å². The third-order valence-corrected chi connectivity index (χ3v) is 3.33. The van der Waals surface area contributed by atoms with Crippen molar-refractivity contribution < 1.29 is 9.90 Å². The van der Waals surface area contributed by atoms with Crippen LogP contribution in [0.5, 0.6) is 0 Å². The Kier molecular flexibility index (Phi) is 4.33. The highest BCUT2D eigenvalue weighted by atomic mass is 16.3. The van der Waals surface area contributed by atoms with Gasteiger partial charge < -0.3 is 15.7 Å². The van der Waals surface area contributed by atoms with Gasteiger partial charge in [0.15, 0.2) is 6.10 Å². The molecule has 3 N–H and O–H groups in total. The molecule has 1 aromatic rings. The van der Waals surface area contributed by atoms with E-state index in [1.807, 2.05) is 18.2 Å². The van der Waals surface area contributed by atoms with Crippen LogP contribution >= 0.6 is 0 Å². The van der Waals surface area contributed by atoms with Crippen molar-refractivity contribution in [2.45, 2.75) is 38.0 Å². The van der Waals surface area contributed by atoms with Gasteiger partial charge in [-0.3, -0.25) is 4.79 Å². The molecule has 1 saturated heterocycles. The zero-order valence-electron chi connectivity index (χ0n) is 10.6. The van der Waals surface area contributed by atoms with E-state index in [1.165, 1.54) is 0 Å². The van der Waals surface area contributed by atoms with Gasteiger partial charge >= 0.3 is 0 Å². The molecule has 4 heteroatoms. The summed E-state index contributed by atoms with van der Waals surface area (Å²) in [5.74, 6) is -0.305. The highest BCUT2D eigenvalue weighted by molar-refractivity contribution is 5.82. The van der Waals surface area contributed by atoms with Gasteiger partial charge in [0.1, 0.15) is 0 Å². The quantitative estimate of drug-likeness (QED) is 0.747. The third-order valence-electron chi connectivity index (χ3n) is 3.33. The second-order valence-corrected chi connectivity index (χ2v) is 4.90. The number of carbonyl (C=O) groups excluding carboxylic acids is 1. The summed E-state index contributed by atoms with van der Waals surface area (Å²) in [5.41, 5.74) is 0.636. The van der Waals surface area contributed by atoms with Gasteiger partial charge in [0, 0.05) is 12.1 Å². The van der Waals surface area contributed by atoms with Crippen LogP contribution in [0.15, 0.2) is 30.3 Å². The Morgan fingerprint density at radius 1 is 1.44 bits per heavy atom. The molecule has 1 fully saturated rings. The number of piperidine rings is 1. The Morgan fingerprint density at radius 3 is 2.83 bits per heavy atom.